The minimum absolute atomic E-state index is 0.420. The van der Waals surface area contributed by atoms with Crippen LogP contribution in [0, 0.1) is 25.2 Å². The first-order valence-corrected chi connectivity index (χ1v) is 8.59. The third-order valence-corrected chi connectivity index (χ3v) is 4.61. The zero-order valence-electron chi connectivity index (χ0n) is 14.8. The van der Waals surface area contributed by atoms with Crippen LogP contribution in [0.15, 0.2) is 42.5 Å². The molecule has 136 valence electrons. The number of nitrogens with zero attached hydrogens (tertiary/aromatic N) is 3. The molecule has 27 heavy (non-hydrogen) atoms. The summed E-state index contributed by atoms with van der Waals surface area (Å²) in [5, 5.41) is 25.1. The van der Waals surface area contributed by atoms with Crippen molar-refractivity contribution in [3.63, 3.8) is 0 Å². The van der Waals surface area contributed by atoms with E-state index in [1.165, 1.54) is 0 Å². The second kappa shape index (κ2) is 7.52. The van der Waals surface area contributed by atoms with E-state index in [1.54, 1.807) is 24.3 Å². The van der Waals surface area contributed by atoms with Crippen molar-refractivity contribution in [2.75, 3.05) is 5.32 Å². The average molecular weight is 381 g/mol. The summed E-state index contributed by atoms with van der Waals surface area (Å²) in [7, 11) is 0. The number of rotatable bonds is 4. The summed E-state index contributed by atoms with van der Waals surface area (Å²) in [4.78, 5) is 10.7. The molecule has 1 heterocycles. The number of nitrogens with one attached hydrogen (secondary N) is 1. The van der Waals surface area contributed by atoms with Gasteiger partial charge in [-0.05, 0) is 49.2 Å². The molecule has 2 N–H and O–H groups in total. The highest BCUT2D eigenvalue weighted by molar-refractivity contribution is 6.32. The summed E-state index contributed by atoms with van der Waals surface area (Å²) in [6.45, 7) is 4.48. The zero-order chi connectivity index (χ0) is 19.6. The van der Waals surface area contributed by atoms with Gasteiger partial charge in [0.05, 0.1) is 22.8 Å². The lowest BCUT2D eigenvalue weighted by molar-refractivity contribution is 0.210. The fourth-order valence-electron chi connectivity index (χ4n) is 3.02. The van der Waals surface area contributed by atoms with E-state index in [4.69, 9.17) is 22.0 Å². The van der Waals surface area contributed by atoms with Gasteiger partial charge >= 0.3 is 6.09 Å². The second-order valence-electron chi connectivity index (χ2n) is 6.14. The number of nitriles is 1. The quantitative estimate of drug-likeness (QED) is 0.678. The second-order valence-corrected chi connectivity index (χ2v) is 6.54. The molecule has 0 saturated heterocycles. The van der Waals surface area contributed by atoms with Gasteiger partial charge in [0.1, 0.15) is 6.07 Å². The van der Waals surface area contributed by atoms with Gasteiger partial charge in [-0.15, -0.1) is 0 Å². The molecule has 0 spiro atoms. The Morgan fingerprint density at radius 3 is 2.56 bits per heavy atom. The van der Waals surface area contributed by atoms with Crippen LogP contribution in [-0.4, -0.2) is 21.0 Å². The maximum atomic E-state index is 10.7. The normalized spacial score (nSPS) is 10.4. The first-order chi connectivity index (χ1) is 12.9. The molecule has 0 aliphatic carbocycles. The van der Waals surface area contributed by atoms with Crippen LogP contribution in [0.25, 0.3) is 11.1 Å². The Bertz CT molecular complexity index is 1050. The van der Waals surface area contributed by atoms with E-state index in [0.29, 0.717) is 22.8 Å². The molecule has 2 aromatic carbocycles. The number of hydrogen-bond acceptors (Lipinski definition) is 3. The van der Waals surface area contributed by atoms with E-state index >= 15 is 0 Å². The van der Waals surface area contributed by atoms with E-state index < -0.39 is 6.09 Å². The lowest BCUT2D eigenvalue weighted by Gasteiger charge is -2.08. The summed E-state index contributed by atoms with van der Waals surface area (Å²) >= 11 is 6.17. The summed E-state index contributed by atoms with van der Waals surface area (Å²) in [6, 6.07) is 14.6. The highest BCUT2D eigenvalue weighted by Crippen LogP contribution is 2.30. The van der Waals surface area contributed by atoms with Gasteiger partial charge in [0.2, 0.25) is 0 Å². The van der Waals surface area contributed by atoms with Crippen molar-refractivity contribution in [1.82, 2.24) is 9.78 Å². The Hall–Kier alpha value is -3.30. The Labute approximate surface area is 161 Å². The highest BCUT2D eigenvalue weighted by Gasteiger charge is 2.15. The van der Waals surface area contributed by atoms with E-state index in [2.05, 4.69) is 16.5 Å². The maximum Gasteiger partial charge on any atom is 0.409 e. The molecule has 0 fully saturated rings. The van der Waals surface area contributed by atoms with Gasteiger partial charge in [-0.25, -0.2) is 4.79 Å². The molecule has 3 aromatic rings. The van der Waals surface area contributed by atoms with Crippen LogP contribution in [0.1, 0.15) is 22.5 Å². The molecule has 1 amide bonds. The number of hydrogen-bond donors (Lipinski definition) is 2. The van der Waals surface area contributed by atoms with Gasteiger partial charge in [-0.2, -0.15) is 10.4 Å². The number of aromatic nitrogens is 2. The number of anilines is 1. The molecule has 1 aromatic heterocycles. The van der Waals surface area contributed by atoms with Gasteiger partial charge < -0.3 is 5.11 Å². The van der Waals surface area contributed by atoms with E-state index in [1.807, 2.05) is 36.7 Å². The third kappa shape index (κ3) is 3.94. The fraction of sp³-hybridized carbons (Fsp3) is 0.150. The molecular weight excluding hydrogens is 364 g/mol. The smallest absolute Gasteiger partial charge is 0.409 e. The van der Waals surface area contributed by atoms with Crippen molar-refractivity contribution < 1.29 is 9.90 Å². The predicted octanol–water partition coefficient (Wildman–Crippen LogP) is 4.83. The van der Waals surface area contributed by atoms with E-state index in [9.17, 15) is 4.79 Å². The largest absolute Gasteiger partial charge is 0.465 e. The van der Waals surface area contributed by atoms with Gasteiger partial charge in [-0.3, -0.25) is 10.00 Å². The van der Waals surface area contributed by atoms with Crippen LogP contribution < -0.4 is 5.32 Å². The van der Waals surface area contributed by atoms with E-state index in [-0.39, 0.29) is 0 Å². The minimum atomic E-state index is -1.09. The van der Waals surface area contributed by atoms with Crippen molar-refractivity contribution in [2.24, 2.45) is 0 Å². The molecule has 0 aliphatic heterocycles. The summed E-state index contributed by atoms with van der Waals surface area (Å²) < 4.78 is 1.90. The first-order valence-electron chi connectivity index (χ1n) is 8.22. The first kappa shape index (κ1) is 18.5. The number of benzene rings is 2. The van der Waals surface area contributed by atoms with Crippen LogP contribution in [-0.2, 0) is 6.54 Å². The van der Waals surface area contributed by atoms with Crippen molar-refractivity contribution >= 4 is 23.4 Å². The lowest BCUT2D eigenvalue weighted by atomic mass is 10.0. The lowest BCUT2D eigenvalue weighted by Crippen LogP contribution is -2.07. The molecule has 0 atom stereocenters. The van der Waals surface area contributed by atoms with Crippen LogP contribution in [0.5, 0.6) is 0 Å². The molecule has 0 unspecified atom stereocenters. The predicted molar refractivity (Wildman–Crippen MR) is 104 cm³/mol. The molecule has 7 heteroatoms. The summed E-state index contributed by atoms with van der Waals surface area (Å²) in [5.74, 6) is 0. The number of carboxylic acid groups (broad SMARTS) is 1. The van der Waals surface area contributed by atoms with Gasteiger partial charge in [0.25, 0.3) is 0 Å². The fourth-order valence-corrected chi connectivity index (χ4v) is 3.24. The molecule has 0 aliphatic rings. The minimum Gasteiger partial charge on any atom is -0.465 e. The van der Waals surface area contributed by atoms with Crippen LogP contribution in [0.2, 0.25) is 5.02 Å². The van der Waals surface area contributed by atoms with E-state index in [0.717, 1.165) is 28.1 Å². The number of halogens is 1. The van der Waals surface area contributed by atoms with Gasteiger partial charge in [-0.1, -0.05) is 29.8 Å². The number of aryl methyl sites for hydroxylation is 1. The van der Waals surface area contributed by atoms with Gasteiger partial charge in [0.15, 0.2) is 0 Å². The highest BCUT2D eigenvalue weighted by atomic mass is 35.5. The Morgan fingerprint density at radius 2 is 1.96 bits per heavy atom. The monoisotopic (exact) mass is 380 g/mol. The number of carbonyl (C=O) groups is 1. The van der Waals surface area contributed by atoms with Crippen molar-refractivity contribution in [3.05, 3.63) is 70.0 Å². The topological polar surface area (TPSA) is 90.9 Å². The standard InChI is InChI=1S/C20H17ClN4O2/c1-12-19(15-5-6-16(10-22)18(21)9-15)13(2)25(24-12)11-14-3-7-17(8-4-14)23-20(26)27/h3-9,23H,11H2,1-2H3,(H,26,27). The van der Waals surface area contributed by atoms with Crippen LogP contribution in [0.4, 0.5) is 10.5 Å². The maximum absolute atomic E-state index is 10.7. The Balaban J connectivity index is 1.89. The number of amides is 1. The summed E-state index contributed by atoms with van der Waals surface area (Å²) in [5.41, 5.74) is 5.73. The molecular formula is C20H17ClN4O2. The Morgan fingerprint density at radius 1 is 1.26 bits per heavy atom. The SMILES string of the molecule is Cc1nn(Cc2ccc(NC(=O)O)cc2)c(C)c1-c1ccc(C#N)c(Cl)c1. The molecule has 0 radical (unpaired) electrons. The average Bonchev–Trinajstić information content (AvgIpc) is 2.89. The zero-order valence-corrected chi connectivity index (χ0v) is 15.6. The van der Waals surface area contributed by atoms with Crippen molar-refractivity contribution in [2.45, 2.75) is 20.4 Å². The van der Waals surface area contributed by atoms with Crippen LogP contribution >= 0.6 is 11.6 Å². The molecule has 0 bridgehead atoms. The van der Waals surface area contributed by atoms with Crippen molar-refractivity contribution in [3.8, 4) is 17.2 Å². The molecule has 6 nitrogen and oxygen atoms in total. The van der Waals surface area contributed by atoms with Crippen LogP contribution in [0.3, 0.4) is 0 Å². The molecule has 0 saturated carbocycles. The summed E-state index contributed by atoms with van der Waals surface area (Å²) in [6.07, 6.45) is -1.09. The Kier molecular flexibility index (Phi) is 5.15. The van der Waals surface area contributed by atoms with Gasteiger partial charge in [0, 0.05) is 16.9 Å². The van der Waals surface area contributed by atoms with Crippen molar-refractivity contribution in [1.29, 1.82) is 5.26 Å². The molecule has 3 rings (SSSR count). The third-order valence-electron chi connectivity index (χ3n) is 4.30.